The predicted molar refractivity (Wildman–Crippen MR) is 127 cm³/mol. The van der Waals surface area contributed by atoms with Crippen LogP contribution in [0.25, 0.3) is 0 Å². The van der Waals surface area contributed by atoms with Gasteiger partial charge in [-0.2, -0.15) is 0 Å². The van der Waals surface area contributed by atoms with Gasteiger partial charge >= 0.3 is 0 Å². The maximum Gasteiger partial charge on any atom is 0.0251 e. The summed E-state index contributed by atoms with van der Waals surface area (Å²) < 4.78 is 0. The van der Waals surface area contributed by atoms with Crippen LogP contribution in [0.2, 0.25) is 0 Å². The van der Waals surface area contributed by atoms with Crippen molar-refractivity contribution in [2.75, 3.05) is 0 Å². The van der Waals surface area contributed by atoms with Crippen molar-refractivity contribution < 1.29 is 0 Å². The van der Waals surface area contributed by atoms with Crippen molar-refractivity contribution in [1.82, 2.24) is 0 Å². The zero-order chi connectivity index (χ0) is 21.0. The number of hydrogen-bond acceptors (Lipinski definition) is 0. The summed E-state index contributed by atoms with van der Waals surface area (Å²) in [6, 6.07) is 36.5. The van der Waals surface area contributed by atoms with Crippen molar-refractivity contribution >= 4 is 0 Å². The normalized spacial score (nSPS) is 9.13. The van der Waals surface area contributed by atoms with Crippen LogP contribution in [-0.2, 0) is 0 Å². The van der Waals surface area contributed by atoms with E-state index in [9.17, 15) is 0 Å². The molecule has 0 saturated heterocycles. The highest BCUT2D eigenvalue weighted by atomic mass is 13.9. The molecule has 30 heavy (non-hydrogen) atoms. The van der Waals surface area contributed by atoms with E-state index < -0.39 is 0 Å². The second-order valence-corrected chi connectivity index (χ2v) is 6.97. The molecule has 0 amide bonds. The van der Waals surface area contributed by atoms with E-state index in [1.165, 1.54) is 11.1 Å². The van der Waals surface area contributed by atoms with Gasteiger partial charge in [-0.05, 0) is 67.9 Å². The first-order valence-corrected chi connectivity index (χ1v) is 9.96. The average molecular weight is 385 g/mol. The molecule has 0 spiro atoms. The lowest BCUT2D eigenvalue weighted by Crippen LogP contribution is -1.77. The summed E-state index contributed by atoms with van der Waals surface area (Å²) in [5.41, 5.74) is 6.75. The summed E-state index contributed by atoms with van der Waals surface area (Å²) in [7, 11) is 0. The molecule has 0 nitrogen and oxygen atoms in total. The van der Waals surface area contributed by atoms with Gasteiger partial charge in [-0.15, -0.1) is 0 Å². The highest BCUT2D eigenvalue weighted by Gasteiger charge is 1.88. The smallest absolute Gasteiger partial charge is 0.0251 e. The van der Waals surface area contributed by atoms with Crippen LogP contribution in [0.5, 0.6) is 0 Å². The van der Waals surface area contributed by atoms with Crippen molar-refractivity contribution in [2.45, 2.75) is 13.8 Å². The summed E-state index contributed by atoms with van der Waals surface area (Å²) in [6.45, 7) is 4.15. The molecule has 0 fully saturated rings. The number of rotatable bonds is 0. The second kappa shape index (κ2) is 11.1. The maximum atomic E-state index is 3.15. The zero-order valence-electron chi connectivity index (χ0n) is 17.4. The summed E-state index contributed by atoms with van der Waals surface area (Å²) in [5, 5.41) is 0. The summed E-state index contributed by atoms with van der Waals surface area (Å²) in [6.07, 6.45) is 0. The van der Waals surface area contributed by atoms with Gasteiger partial charge < -0.3 is 0 Å². The van der Waals surface area contributed by atoms with E-state index in [0.717, 1.165) is 22.3 Å². The van der Waals surface area contributed by atoms with Crippen LogP contribution >= 0.6 is 0 Å². The molecule has 0 N–H and O–H groups in total. The van der Waals surface area contributed by atoms with Crippen LogP contribution in [0.3, 0.4) is 0 Å². The highest BCUT2D eigenvalue weighted by Crippen LogP contribution is 2.03. The van der Waals surface area contributed by atoms with Crippen LogP contribution in [0.4, 0.5) is 0 Å². The summed E-state index contributed by atoms with van der Waals surface area (Å²) >= 11 is 0. The Hall–Kier alpha value is -4.00. The fraction of sp³-hybridized carbons (Fsp3) is 0.0667. The first-order chi connectivity index (χ1) is 14.7. The Bertz CT molecular complexity index is 1180. The molecule has 0 aliphatic rings. The lowest BCUT2D eigenvalue weighted by atomic mass is 10.1. The third-order valence-corrected chi connectivity index (χ3v) is 4.32. The Labute approximate surface area is 180 Å². The average Bonchev–Trinajstić information content (AvgIpc) is 2.79. The van der Waals surface area contributed by atoms with Crippen molar-refractivity contribution in [3.05, 3.63) is 143 Å². The minimum atomic E-state index is 1.05. The lowest BCUT2D eigenvalue weighted by Gasteiger charge is -1.92. The van der Waals surface area contributed by atoms with Gasteiger partial charge in [0.15, 0.2) is 0 Å². The van der Waals surface area contributed by atoms with Gasteiger partial charge in [-0.3, -0.25) is 0 Å². The minimum Gasteiger partial charge on any atom is -0.0622 e. The molecule has 0 aliphatic carbocycles. The van der Waals surface area contributed by atoms with Crippen LogP contribution in [0.15, 0.2) is 109 Å². The Balaban J connectivity index is 0.000000171. The Kier molecular flexibility index (Phi) is 7.68. The fourth-order valence-corrected chi connectivity index (χ4v) is 2.69. The number of aryl methyl sites for hydroxylation is 2. The van der Waals surface area contributed by atoms with Crippen LogP contribution in [-0.4, -0.2) is 0 Å². The number of hydrogen-bond donors (Lipinski definition) is 0. The van der Waals surface area contributed by atoms with E-state index in [0.29, 0.717) is 0 Å². The quantitative estimate of drug-likeness (QED) is 0.293. The summed E-state index contributed by atoms with van der Waals surface area (Å²) in [5.74, 6) is 12.6. The fourth-order valence-electron chi connectivity index (χ4n) is 2.69. The standard InChI is InChI=1S/2C15H12/c1-13-6-5-9-15(12-13)11-10-14-7-3-2-4-8-14;1-13-7-9-15(10-8-13)12-11-14-5-3-2-4-6-14/h2-9,12H,1H3;2-10H,1H3. The topological polar surface area (TPSA) is 0 Å². The molecule has 0 heterocycles. The van der Waals surface area contributed by atoms with Crippen molar-refractivity contribution in [3.8, 4) is 23.7 Å². The van der Waals surface area contributed by atoms with E-state index >= 15 is 0 Å². The van der Waals surface area contributed by atoms with Crippen LogP contribution in [0, 0.1) is 37.5 Å². The molecule has 0 aromatic heterocycles. The van der Waals surface area contributed by atoms with E-state index in [-0.39, 0.29) is 0 Å². The van der Waals surface area contributed by atoms with Gasteiger partial charge in [0.25, 0.3) is 0 Å². The molecule has 4 rings (SSSR count). The molecule has 0 unspecified atom stereocenters. The number of benzene rings is 4. The van der Waals surface area contributed by atoms with Crippen molar-refractivity contribution in [1.29, 1.82) is 0 Å². The van der Waals surface area contributed by atoms with E-state index in [2.05, 4.69) is 61.8 Å². The molecule has 4 aromatic carbocycles. The Morgan fingerprint density at radius 2 is 0.800 bits per heavy atom. The first kappa shape index (κ1) is 20.7. The van der Waals surface area contributed by atoms with Gasteiger partial charge in [0, 0.05) is 22.3 Å². The van der Waals surface area contributed by atoms with Crippen LogP contribution < -0.4 is 0 Å². The van der Waals surface area contributed by atoms with Gasteiger partial charge in [-0.25, -0.2) is 0 Å². The van der Waals surface area contributed by atoms with Gasteiger partial charge in [0.1, 0.15) is 0 Å². The Morgan fingerprint density at radius 3 is 1.30 bits per heavy atom. The van der Waals surface area contributed by atoms with Crippen LogP contribution in [0.1, 0.15) is 33.4 Å². The molecule has 0 saturated carbocycles. The molecular formula is C30H24. The molecule has 0 bridgehead atoms. The van der Waals surface area contributed by atoms with Crippen molar-refractivity contribution in [3.63, 3.8) is 0 Å². The SMILES string of the molecule is Cc1ccc(C#Cc2ccccc2)cc1.Cc1cccc(C#Cc2ccccc2)c1. The molecule has 4 aromatic rings. The van der Waals surface area contributed by atoms with Gasteiger partial charge in [0.05, 0.1) is 0 Å². The Morgan fingerprint density at radius 1 is 0.367 bits per heavy atom. The first-order valence-electron chi connectivity index (χ1n) is 9.96. The maximum absolute atomic E-state index is 3.15. The molecule has 0 atom stereocenters. The largest absolute Gasteiger partial charge is 0.0622 e. The molecule has 0 aliphatic heterocycles. The predicted octanol–water partition coefficient (Wildman–Crippen LogP) is 6.79. The third-order valence-electron chi connectivity index (χ3n) is 4.32. The summed E-state index contributed by atoms with van der Waals surface area (Å²) in [4.78, 5) is 0. The van der Waals surface area contributed by atoms with Gasteiger partial charge in [0.2, 0.25) is 0 Å². The highest BCUT2D eigenvalue weighted by molar-refractivity contribution is 5.44. The molecule has 144 valence electrons. The molecular weight excluding hydrogens is 360 g/mol. The molecule has 0 heteroatoms. The van der Waals surface area contributed by atoms with E-state index in [1.54, 1.807) is 0 Å². The zero-order valence-corrected chi connectivity index (χ0v) is 17.4. The molecule has 0 radical (unpaired) electrons. The second-order valence-electron chi connectivity index (χ2n) is 6.97. The van der Waals surface area contributed by atoms with E-state index in [1.807, 2.05) is 84.9 Å². The minimum absolute atomic E-state index is 1.05. The lowest BCUT2D eigenvalue weighted by molar-refractivity contribution is 1.45. The third kappa shape index (κ3) is 7.20. The monoisotopic (exact) mass is 384 g/mol. The van der Waals surface area contributed by atoms with E-state index in [4.69, 9.17) is 0 Å². The van der Waals surface area contributed by atoms with Crippen molar-refractivity contribution in [2.24, 2.45) is 0 Å². The van der Waals surface area contributed by atoms with Gasteiger partial charge in [-0.1, -0.05) is 89.9 Å².